The Morgan fingerprint density at radius 3 is 2.76 bits per heavy atom. The largest absolute Gasteiger partial charge is 0.465 e. The van der Waals surface area contributed by atoms with Crippen molar-refractivity contribution in [3.05, 3.63) is 53.2 Å². The van der Waals surface area contributed by atoms with E-state index in [0.29, 0.717) is 25.0 Å². The molecular weight excluding hydrogens is 314 g/mol. The Morgan fingerprint density at radius 2 is 2.00 bits per heavy atom. The third-order valence-corrected chi connectivity index (χ3v) is 5.43. The molecule has 4 rings (SSSR count). The molecule has 2 aromatic heterocycles. The van der Waals surface area contributed by atoms with Crippen molar-refractivity contribution in [2.75, 3.05) is 6.54 Å². The molecule has 2 aromatic rings. The van der Waals surface area contributed by atoms with E-state index in [1.165, 1.54) is 0 Å². The number of rotatable bonds is 4. The molecule has 0 aliphatic carbocycles. The van der Waals surface area contributed by atoms with Crippen molar-refractivity contribution < 1.29 is 9.21 Å². The number of hydrogen-bond donors (Lipinski definition) is 0. The Labute approximate surface area is 148 Å². The molecule has 0 aromatic carbocycles. The Balaban J connectivity index is 1.49. The maximum Gasteiger partial charge on any atom is 0.223 e. The highest BCUT2D eigenvalue weighted by Crippen LogP contribution is 2.33. The van der Waals surface area contributed by atoms with E-state index in [1.54, 1.807) is 0 Å². The van der Waals surface area contributed by atoms with Gasteiger partial charge in [0.1, 0.15) is 11.5 Å². The van der Waals surface area contributed by atoms with Crippen molar-refractivity contribution in [1.82, 2.24) is 14.8 Å². The first kappa shape index (κ1) is 16.3. The van der Waals surface area contributed by atoms with E-state index in [0.717, 1.165) is 48.8 Å². The zero-order valence-corrected chi connectivity index (χ0v) is 14.9. The van der Waals surface area contributed by atoms with Gasteiger partial charge in [-0.2, -0.15) is 0 Å². The predicted molar refractivity (Wildman–Crippen MR) is 94.8 cm³/mol. The van der Waals surface area contributed by atoms with Crippen LogP contribution >= 0.6 is 0 Å². The van der Waals surface area contributed by atoms with Crippen LogP contribution in [0.2, 0.25) is 0 Å². The van der Waals surface area contributed by atoms with Gasteiger partial charge in [-0.05, 0) is 51.0 Å². The molecule has 1 amide bonds. The predicted octanol–water partition coefficient (Wildman–Crippen LogP) is 3.06. The minimum Gasteiger partial charge on any atom is -0.465 e. The second kappa shape index (κ2) is 6.64. The van der Waals surface area contributed by atoms with Gasteiger partial charge >= 0.3 is 0 Å². The zero-order chi connectivity index (χ0) is 17.4. The molecule has 0 bridgehead atoms. The summed E-state index contributed by atoms with van der Waals surface area (Å²) in [6.07, 6.45) is 2.60. The van der Waals surface area contributed by atoms with Crippen LogP contribution < -0.4 is 0 Å². The van der Waals surface area contributed by atoms with Gasteiger partial charge in [-0.15, -0.1) is 0 Å². The van der Waals surface area contributed by atoms with Gasteiger partial charge in [-0.3, -0.25) is 14.7 Å². The number of carbonyl (C=O) groups is 1. The quantitative estimate of drug-likeness (QED) is 0.859. The maximum absolute atomic E-state index is 12.6. The van der Waals surface area contributed by atoms with E-state index >= 15 is 0 Å². The van der Waals surface area contributed by atoms with Crippen LogP contribution in [0.5, 0.6) is 0 Å². The number of piperidine rings is 1. The highest BCUT2D eigenvalue weighted by atomic mass is 16.3. The molecule has 2 aliphatic rings. The summed E-state index contributed by atoms with van der Waals surface area (Å²) in [5.41, 5.74) is 1.98. The molecule has 0 spiro atoms. The minimum atomic E-state index is 0.264. The molecular formula is C20H25N3O2. The van der Waals surface area contributed by atoms with Gasteiger partial charge in [0.2, 0.25) is 5.91 Å². The first-order valence-electron chi connectivity index (χ1n) is 9.11. The number of fused-ring (bicyclic) bond motifs is 1. The number of hydrogen-bond acceptors (Lipinski definition) is 4. The summed E-state index contributed by atoms with van der Waals surface area (Å²) in [4.78, 5) is 21.7. The van der Waals surface area contributed by atoms with E-state index in [9.17, 15) is 4.79 Å². The Kier molecular flexibility index (Phi) is 4.34. The number of aromatic nitrogens is 1. The zero-order valence-electron chi connectivity index (χ0n) is 14.9. The number of nitrogens with zero attached hydrogens (tertiary/aromatic N) is 3. The molecule has 0 unspecified atom stereocenters. The first-order valence-corrected chi connectivity index (χ1v) is 9.11. The van der Waals surface area contributed by atoms with Gasteiger partial charge < -0.3 is 9.32 Å². The summed E-state index contributed by atoms with van der Waals surface area (Å²) < 4.78 is 5.75. The van der Waals surface area contributed by atoms with Gasteiger partial charge in [-0.25, -0.2) is 0 Å². The van der Waals surface area contributed by atoms with Crippen LogP contribution in [0.3, 0.4) is 0 Å². The highest BCUT2D eigenvalue weighted by molar-refractivity contribution is 5.77. The van der Waals surface area contributed by atoms with Crippen molar-refractivity contribution in [2.45, 2.75) is 58.3 Å². The normalized spacial score (nSPS) is 23.9. The average Bonchev–Trinajstić information content (AvgIpc) is 3.17. The van der Waals surface area contributed by atoms with Gasteiger partial charge in [-0.1, -0.05) is 6.07 Å². The Bertz CT molecular complexity index is 770. The molecule has 0 N–H and O–H groups in total. The molecule has 4 heterocycles. The van der Waals surface area contributed by atoms with Crippen molar-refractivity contribution >= 4 is 5.91 Å². The van der Waals surface area contributed by atoms with E-state index in [1.807, 2.05) is 38.1 Å². The van der Waals surface area contributed by atoms with Crippen LogP contribution in [-0.2, 0) is 17.9 Å². The summed E-state index contributed by atoms with van der Waals surface area (Å²) in [7, 11) is 0. The second-order valence-electron chi connectivity index (χ2n) is 7.24. The molecule has 2 fully saturated rings. The second-order valence-corrected chi connectivity index (χ2v) is 7.24. The van der Waals surface area contributed by atoms with Crippen LogP contribution in [0.1, 0.15) is 42.2 Å². The first-order chi connectivity index (χ1) is 12.1. The fraction of sp³-hybridized carbons (Fsp3) is 0.500. The molecule has 5 nitrogen and oxygen atoms in total. The average molecular weight is 339 g/mol. The van der Waals surface area contributed by atoms with Crippen molar-refractivity contribution in [3.63, 3.8) is 0 Å². The monoisotopic (exact) mass is 339 g/mol. The lowest BCUT2D eigenvalue weighted by Gasteiger charge is -2.39. The topological polar surface area (TPSA) is 49.6 Å². The third-order valence-electron chi connectivity index (χ3n) is 5.43. The Hall–Kier alpha value is -2.14. The maximum atomic E-state index is 12.6. The number of furan rings is 1. The fourth-order valence-electron chi connectivity index (χ4n) is 4.27. The molecule has 0 radical (unpaired) electrons. The molecule has 2 atom stereocenters. The molecule has 25 heavy (non-hydrogen) atoms. The molecule has 132 valence electrons. The van der Waals surface area contributed by atoms with Crippen LogP contribution in [0.15, 0.2) is 34.7 Å². The van der Waals surface area contributed by atoms with Gasteiger partial charge in [0.05, 0.1) is 18.8 Å². The lowest BCUT2D eigenvalue weighted by molar-refractivity contribution is -0.138. The van der Waals surface area contributed by atoms with Gasteiger partial charge in [0.15, 0.2) is 0 Å². The van der Waals surface area contributed by atoms with E-state index in [-0.39, 0.29) is 5.91 Å². The third kappa shape index (κ3) is 3.33. The van der Waals surface area contributed by atoms with Gasteiger partial charge in [0, 0.05) is 30.7 Å². The lowest BCUT2D eigenvalue weighted by Crippen LogP contribution is -2.51. The van der Waals surface area contributed by atoms with Crippen LogP contribution in [-0.4, -0.2) is 39.3 Å². The van der Waals surface area contributed by atoms with E-state index in [4.69, 9.17) is 4.42 Å². The van der Waals surface area contributed by atoms with E-state index < -0.39 is 0 Å². The lowest BCUT2D eigenvalue weighted by atomic mass is 9.96. The molecule has 5 heteroatoms. The minimum absolute atomic E-state index is 0.264. The fourth-order valence-corrected chi connectivity index (χ4v) is 4.27. The molecule has 0 saturated carbocycles. The van der Waals surface area contributed by atoms with Crippen molar-refractivity contribution in [3.8, 4) is 0 Å². The van der Waals surface area contributed by atoms with Crippen molar-refractivity contribution in [2.24, 2.45) is 0 Å². The highest BCUT2D eigenvalue weighted by Gasteiger charge is 2.43. The summed E-state index contributed by atoms with van der Waals surface area (Å²) >= 11 is 0. The summed E-state index contributed by atoms with van der Waals surface area (Å²) in [5.74, 6) is 2.24. The van der Waals surface area contributed by atoms with Crippen LogP contribution in [0, 0.1) is 13.8 Å². The standard InChI is InChI=1S/C20H25N3O2/c1-14-4-3-5-16(21-14)12-23-19-10-11-22(18(19)8-9-20(23)24)13-17-7-6-15(2)25-17/h3-7,18-19H,8-13H2,1-2H3/t18-,19-/m1/s1. The van der Waals surface area contributed by atoms with Crippen molar-refractivity contribution in [1.29, 1.82) is 0 Å². The van der Waals surface area contributed by atoms with Crippen LogP contribution in [0.25, 0.3) is 0 Å². The van der Waals surface area contributed by atoms with Crippen LogP contribution in [0.4, 0.5) is 0 Å². The number of aryl methyl sites for hydroxylation is 2. The SMILES string of the molecule is Cc1cccc(CN2C(=O)CC[C@@H]3[C@H]2CCN3Cc2ccc(C)o2)n1. The number of amides is 1. The summed E-state index contributed by atoms with van der Waals surface area (Å²) in [5, 5.41) is 0. The smallest absolute Gasteiger partial charge is 0.223 e. The van der Waals surface area contributed by atoms with Gasteiger partial charge in [0.25, 0.3) is 0 Å². The number of carbonyl (C=O) groups excluding carboxylic acids is 1. The van der Waals surface area contributed by atoms with E-state index in [2.05, 4.69) is 20.9 Å². The number of likely N-dealkylation sites (tertiary alicyclic amines) is 2. The summed E-state index contributed by atoms with van der Waals surface area (Å²) in [6.45, 7) is 6.44. The number of pyridine rings is 1. The molecule has 2 aliphatic heterocycles. The Morgan fingerprint density at radius 1 is 1.12 bits per heavy atom. The molecule has 2 saturated heterocycles. The summed E-state index contributed by atoms with van der Waals surface area (Å²) in [6, 6.07) is 10.8.